The maximum absolute atomic E-state index is 11.8. The molecule has 0 radical (unpaired) electrons. The van der Waals surface area contributed by atoms with Crippen molar-refractivity contribution in [1.82, 2.24) is 0 Å². The van der Waals surface area contributed by atoms with Crippen LogP contribution in [0.1, 0.15) is 27.0 Å². The Bertz CT molecular complexity index is 970. The lowest BCUT2D eigenvalue weighted by Gasteiger charge is -2.13. The van der Waals surface area contributed by atoms with Gasteiger partial charge in [-0.2, -0.15) is 0 Å². The average Bonchev–Trinajstić information content (AvgIpc) is 2.57. The van der Waals surface area contributed by atoms with Gasteiger partial charge in [-0.05, 0) is 37.1 Å². The fraction of sp³-hybridized carbons (Fsp3) is 0.158. The molecule has 0 amide bonds. The van der Waals surface area contributed by atoms with E-state index in [-0.39, 0.29) is 5.56 Å². The van der Waals surface area contributed by atoms with Gasteiger partial charge in [0.2, 0.25) is 0 Å². The third-order valence-corrected chi connectivity index (χ3v) is 3.90. The van der Waals surface area contributed by atoms with E-state index in [0.29, 0.717) is 28.9 Å². The molecule has 122 valence electrons. The maximum Gasteiger partial charge on any atom is 0.351 e. The summed E-state index contributed by atoms with van der Waals surface area (Å²) in [7, 11) is 0. The molecule has 5 nitrogen and oxygen atoms in total. The standard InChI is InChI=1S/C19H16O5/c1-11-8-16(23-10-13-6-4-3-5-7-13)12(2)17-14(11)9-15(18(20)21)19(22)24-17/h3-9H,10H2,1-2H3,(H,20,21). The SMILES string of the molecule is Cc1cc(OCc2ccccc2)c(C)c2oc(=O)c(C(=O)O)cc12. The molecule has 0 aliphatic heterocycles. The lowest BCUT2D eigenvalue weighted by atomic mass is 10.0. The van der Waals surface area contributed by atoms with Gasteiger partial charge in [0.05, 0.1) is 0 Å². The first-order valence-corrected chi connectivity index (χ1v) is 7.45. The highest BCUT2D eigenvalue weighted by Gasteiger charge is 2.17. The van der Waals surface area contributed by atoms with Crippen LogP contribution in [-0.4, -0.2) is 11.1 Å². The summed E-state index contributed by atoms with van der Waals surface area (Å²) in [5.74, 6) is -0.692. The lowest BCUT2D eigenvalue weighted by molar-refractivity contribution is 0.0692. The number of benzene rings is 2. The number of carboxylic acid groups (broad SMARTS) is 1. The number of aryl methyl sites for hydroxylation is 2. The van der Waals surface area contributed by atoms with Crippen LogP contribution in [0.5, 0.6) is 5.75 Å². The monoisotopic (exact) mass is 324 g/mol. The quantitative estimate of drug-likeness (QED) is 0.741. The predicted octanol–water partition coefficient (Wildman–Crippen LogP) is 3.69. The minimum atomic E-state index is -1.30. The van der Waals surface area contributed by atoms with Crippen molar-refractivity contribution in [3.05, 3.63) is 75.1 Å². The third kappa shape index (κ3) is 2.88. The number of carbonyl (C=O) groups is 1. The van der Waals surface area contributed by atoms with Gasteiger partial charge in [-0.25, -0.2) is 9.59 Å². The van der Waals surface area contributed by atoms with Gasteiger partial charge in [0.1, 0.15) is 23.5 Å². The summed E-state index contributed by atoms with van der Waals surface area (Å²) in [6, 6.07) is 12.9. The zero-order valence-corrected chi connectivity index (χ0v) is 13.3. The smallest absolute Gasteiger partial charge is 0.351 e. The van der Waals surface area contributed by atoms with E-state index in [1.807, 2.05) is 43.3 Å². The Morgan fingerprint density at radius 2 is 1.88 bits per heavy atom. The predicted molar refractivity (Wildman–Crippen MR) is 89.7 cm³/mol. The molecule has 1 aromatic heterocycles. The van der Waals surface area contributed by atoms with E-state index in [1.54, 1.807) is 6.92 Å². The van der Waals surface area contributed by atoms with E-state index in [9.17, 15) is 9.59 Å². The van der Waals surface area contributed by atoms with Crippen LogP contribution >= 0.6 is 0 Å². The first kappa shape index (κ1) is 15.8. The second-order valence-corrected chi connectivity index (χ2v) is 5.59. The van der Waals surface area contributed by atoms with Crippen LogP contribution in [0.4, 0.5) is 0 Å². The summed E-state index contributed by atoms with van der Waals surface area (Å²) in [4.78, 5) is 22.9. The summed E-state index contributed by atoms with van der Waals surface area (Å²) in [6.45, 7) is 4.00. The van der Waals surface area contributed by atoms with Gasteiger partial charge < -0.3 is 14.3 Å². The molecule has 24 heavy (non-hydrogen) atoms. The molecule has 1 N–H and O–H groups in total. The molecule has 0 bridgehead atoms. The fourth-order valence-electron chi connectivity index (χ4n) is 2.57. The highest BCUT2D eigenvalue weighted by Crippen LogP contribution is 2.30. The van der Waals surface area contributed by atoms with Gasteiger partial charge >= 0.3 is 11.6 Å². The Morgan fingerprint density at radius 3 is 2.54 bits per heavy atom. The van der Waals surface area contributed by atoms with Crippen molar-refractivity contribution in [2.45, 2.75) is 20.5 Å². The minimum absolute atomic E-state index is 0.355. The molecule has 0 saturated heterocycles. The minimum Gasteiger partial charge on any atom is -0.488 e. The van der Waals surface area contributed by atoms with E-state index >= 15 is 0 Å². The first-order valence-electron chi connectivity index (χ1n) is 7.45. The van der Waals surface area contributed by atoms with Crippen LogP contribution in [0, 0.1) is 13.8 Å². The van der Waals surface area contributed by atoms with Gasteiger partial charge in [0, 0.05) is 10.9 Å². The number of hydrogen-bond acceptors (Lipinski definition) is 4. The molecule has 1 heterocycles. The van der Waals surface area contributed by atoms with Crippen molar-refractivity contribution in [3.63, 3.8) is 0 Å². The maximum atomic E-state index is 11.8. The Morgan fingerprint density at radius 1 is 1.17 bits per heavy atom. The number of rotatable bonds is 4. The summed E-state index contributed by atoms with van der Waals surface area (Å²) in [5, 5.41) is 9.66. The van der Waals surface area contributed by atoms with Crippen molar-refractivity contribution in [2.75, 3.05) is 0 Å². The van der Waals surface area contributed by atoms with Crippen LogP contribution in [0.2, 0.25) is 0 Å². The van der Waals surface area contributed by atoms with Crippen molar-refractivity contribution in [3.8, 4) is 5.75 Å². The molecule has 0 atom stereocenters. The molecule has 0 fully saturated rings. The van der Waals surface area contributed by atoms with E-state index in [1.165, 1.54) is 6.07 Å². The Kier molecular flexibility index (Phi) is 4.08. The molecule has 0 saturated carbocycles. The van der Waals surface area contributed by atoms with Crippen molar-refractivity contribution >= 4 is 16.9 Å². The van der Waals surface area contributed by atoms with Crippen LogP contribution in [0.15, 0.2) is 51.7 Å². The molecule has 0 aliphatic rings. The molecular weight excluding hydrogens is 308 g/mol. The highest BCUT2D eigenvalue weighted by atomic mass is 16.5. The zero-order valence-electron chi connectivity index (χ0n) is 13.3. The fourth-order valence-corrected chi connectivity index (χ4v) is 2.57. The molecule has 0 spiro atoms. The normalized spacial score (nSPS) is 10.8. The van der Waals surface area contributed by atoms with Gasteiger partial charge in [0.15, 0.2) is 0 Å². The van der Waals surface area contributed by atoms with E-state index < -0.39 is 11.6 Å². The van der Waals surface area contributed by atoms with Crippen LogP contribution in [0.3, 0.4) is 0 Å². The summed E-state index contributed by atoms with van der Waals surface area (Å²) < 4.78 is 11.1. The largest absolute Gasteiger partial charge is 0.488 e. The molecule has 0 unspecified atom stereocenters. The number of aromatic carboxylic acids is 1. The van der Waals surface area contributed by atoms with Crippen LogP contribution in [-0.2, 0) is 6.61 Å². The van der Waals surface area contributed by atoms with E-state index in [2.05, 4.69) is 0 Å². The van der Waals surface area contributed by atoms with Crippen molar-refractivity contribution < 1.29 is 19.1 Å². The number of ether oxygens (including phenoxy) is 1. The second kappa shape index (κ2) is 6.20. The van der Waals surface area contributed by atoms with E-state index in [4.69, 9.17) is 14.3 Å². The summed E-state index contributed by atoms with van der Waals surface area (Å²) >= 11 is 0. The summed E-state index contributed by atoms with van der Waals surface area (Å²) in [6.07, 6.45) is 0. The number of fused-ring (bicyclic) bond motifs is 1. The third-order valence-electron chi connectivity index (χ3n) is 3.90. The second-order valence-electron chi connectivity index (χ2n) is 5.59. The first-order chi connectivity index (χ1) is 11.5. The Hall–Kier alpha value is -3.08. The van der Waals surface area contributed by atoms with Crippen molar-refractivity contribution in [2.24, 2.45) is 0 Å². The molecule has 5 heteroatoms. The van der Waals surface area contributed by atoms with Gasteiger partial charge in [-0.1, -0.05) is 30.3 Å². The van der Waals surface area contributed by atoms with Gasteiger partial charge in [0.25, 0.3) is 0 Å². The molecule has 2 aromatic carbocycles. The molecule has 3 aromatic rings. The lowest BCUT2D eigenvalue weighted by Crippen LogP contribution is -2.13. The van der Waals surface area contributed by atoms with Crippen LogP contribution < -0.4 is 10.4 Å². The Labute approximate surface area is 138 Å². The topological polar surface area (TPSA) is 76.7 Å². The molecule has 0 aliphatic carbocycles. The van der Waals surface area contributed by atoms with Crippen LogP contribution in [0.25, 0.3) is 11.0 Å². The Balaban J connectivity index is 2.05. The zero-order chi connectivity index (χ0) is 17.3. The average molecular weight is 324 g/mol. The van der Waals surface area contributed by atoms with E-state index in [0.717, 1.165) is 11.1 Å². The molecular formula is C19H16O5. The number of hydrogen-bond donors (Lipinski definition) is 1. The van der Waals surface area contributed by atoms with Gasteiger partial charge in [-0.15, -0.1) is 0 Å². The highest BCUT2D eigenvalue weighted by molar-refractivity contribution is 5.94. The molecule has 3 rings (SSSR count). The van der Waals surface area contributed by atoms with Gasteiger partial charge in [-0.3, -0.25) is 0 Å². The number of carboxylic acids is 1. The van der Waals surface area contributed by atoms with Crippen molar-refractivity contribution in [1.29, 1.82) is 0 Å². The summed E-state index contributed by atoms with van der Waals surface area (Å²) in [5.41, 5.74) is 1.59.